The van der Waals surface area contributed by atoms with Crippen LogP contribution in [0.5, 0.6) is 5.75 Å². The Morgan fingerprint density at radius 1 is 1.30 bits per heavy atom. The van der Waals surface area contributed by atoms with Crippen LogP contribution in [-0.4, -0.2) is 11.4 Å². The Labute approximate surface area is 139 Å². The fourth-order valence-corrected chi connectivity index (χ4v) is 4.18. The molecule has 1 aromatic carbocycles. The minimum absolute atomic E-state index is 0.670. The first kappa shape index (κ1) is 16.4. The zero-order valence-electron chi connectivity index (χ0n) is 12.3. The van der Waals surface area contributed by atoms with Crippen molar-refractivity contribution in [3.8, 4) is 5.75 Å². The minimum Gasteiger partial charge on any atom is -0.494 e. The predicted octanol–water partition coefficient (Wildman–Crippen LogP) is 6.05. The molecule has 0 aromatic heterocycles. The first-order valence-electron chi connectivity index (χ1n) is 7.58. The molecule has 0 bridgehead atoms. The second kappa shape index (κ2) is 7.84. The van der Waals surface area contributed by atoms with Crippen LogP contribution in [0.1, 0.15) is 39.5 Å². The van der Waals surface area contributed by atoms with Crippen LogP contribution in [0.25, 0.3) is 0 Å². The van der Waals surface area contributed by atoms with Gasteiger partial charge in [0.2, 0.25) is 0 Å². The summed E-state index contributed by atoms with van der Waals surface area (Å²) < 4.78 is 6.96. The molecule has 0 saturated heterocycles. The summed E-state index contributed by atoms with van der Waals surface area (Å²) in [6, 6.07) is 8.09. The molecule has 3 unspecified atom stereocenters. The maximum atomic E-state index is 5.88. The van der Waals surface area contributed by atoms with Crippen LogP contribution in [0.2, 0.25) is 0 Å². The third-order valence-electron chi connectivity index (χ3n) is 4.43. The number of halogens is 2. The fourth-order valence-electron chi connectivity index (χ4n) is 3.05. The van der Waals surface area contributed by atoms with Crippen LogP contribution < -0.4 is 4.74 Å². The molecule has 1 fully saturated rings. The van der Waals surface area contributed by atoms with E-state index in [9.17, 15) is 0 Å². The topological polar surface area (TPSA) is 9.23 Å². The van der Waals surface area contributed by atoms with Crippen molar-refractivity contribution >= 4 is 31.9 Å². The van der Waals surface area contributed by atoms with E-state index in [4.69, 9.17) is 4.74 Å². The highest BCUT2D eigenvalue weighted by Crippen LogP contribution is 2.38. The SMILES string of the molecule is CC(C)C1CCC(Br)C(CCOc2cccc(Br)c2)C1. The van der Waals surface area contributed by atoms with Gasteiger partial charge in [-0.05, 0) is 61.6 Å². The van der Waals surface area contributed by atoms with Gasteiger partial charge in [-0.15, -0.1) is 0 Å². The number of hydrogen-bond acceptors (Lipinski definition) is 1. The second-order valence-corrected chi connectivity index (χ2v) is 8.28. The summed E-state index contributed by atoms with van der Waals surface area (Å²) in [4.78, 5) is 0.670. The molecule has 20 heavy (non-hydrogen) atoms. The normalized spacial score (nSPS) is 26.8. The molecule has 0 amide bonds. The lowest BCUT2D eigenvalue weighted by atomic mass is 9.75. The van der Waals surface area contributed by atoms with Gasteiger partial charge in [0.05, 0.1) is 6.61 Å². The molecule has 0 heterocycles. The average Bonchev–Trinajstić information content (AvgIpc) is 2.40. The van der Waals surface area contributed by atoms with Crippen molar-refractivity contribution in [2.45, 2.75) is 44.4 Å². The molecule has 3 heteroatoms. The summed E-state index contributed by atoms with van der Waals surface area (Å²) in [6.45, 7) is 5.52. The molecule has 3 atom stereocenters. The van der Waals surface area contributed by atoms with E-state index >= 15 is 0 Å². The van der Waals surface area contributed by atoms with Crippen LogP contribution in [-0.2, 0) is 0 Å². The lowest BCUT2D eigenvalue weighted by Crippen LogP contribution is -2.28. The van der Waals surface area contributed by atoms with Gasteiger partial charge < -0.3 is 4.74 Å². The van der Waals surface area contributed by atoms with Gasteiger partial charge in [-0.3, -0.25) is 0 Å². The highest BCUT2D eigenvalue weighted by molar-refractivity contribution is 9.10. The molecule has 0 aliphatic heterocycles. The molecule has 0 N–H and O–H groups in total. The molecule has 1 aliphatic rings. The molecule has 0 spiro atoms. The van der Waals surface area contributed by atoms with Gasteiger partial charge in [-0.2, -0.15) is 0 Å². The molecule has 112 valence electrons. The van der Waals surface area contributed by atoms with E-state index in [1.807, 2.05) is 24.3 Å². The van der Waals surface area contributed by atoms with Gasteiger partial charge in [-0.25, -0.2) is 0 Å². The van der Waals surface area contributed by atoms with Gasteiger partial charge in [0.25, 0.3) is 0 Å². The smallest absolute Gasteiger partial charge is 0.120 e. The third kappa shape index (κ3) is 4.77. The maximum Gasteiger partial charge on any atom is 0.120 e. The van der Waals surface area contributed by atoms with Gasteiger partial charge >= 0.3 is 0 Å². The van der Waals surface area contributed by atoms with E-state index in [1.165, 1.54) is 19.3 Å². The van der Waals surface area contributed by atoms with Crippen molar-refractivity contribution < 1.29 is 4.74 Å². The van der Waals surface area contributed by atoms with Crippen molar-refractivity contribution in [1.82, 2.24) is 0 Å². The summed E-state index contributed by atoms with van der Waals surface area (Å²) in [6.07, 6.45) is 5.17. The van der Waals surface area contributed by atoms with Crippen molar-refractivity contribution in [2.75, 3.05) is 6.61 Å². The first-order chi connectivity index (χ1) is 9.56. The molecule has 1 aliphatic carbocycles. The van der Waals surface area contributed by atoms with Gasteiger partial charge in [0.15, 0.2) is 0 Å². The minimum atomic E-state index is 0.670. The molecular formula is C17H24Br2O. The number of rotatable bonds is 5. The van der Waals surface area contributed by atoms with E-state index in [1.54, 1.807) is 0 Å². The van der Waals surface area contributed by atoms with Crippen molar-refractivity contribution in [3.05, 3.63) is 28.7 Å². The average molecular weight is 404 g/mol. The first-order valence-corrected chi connectivity index (χ1v) is 9.29. The number of ether oxygens (including phenoxy) is 1. The lowest BCUT2D eigenvalue weighted by Gasteiger charge is -2.35. The zero-order chi connectivity index (χ0) is 14.5. The largest absolute Gasteiger partial charge is 0.494 e. The quantitative estimate of drug-likeness (QED) is 0.543. The summed E-state index contributed by atoms with van der Waals surface area (Å²) in [7, 11) is 0. The predicted molar refractivity (Wildman–Crippen MR) is 92.6 cm³/mol. The van der Waals surface area contributed by atoms with E-state index < -0.39 is 0 Å². The van der Waals surface area contributed by atoms with Crippen LogP contribution in [0, 0.1) is 17.8 Å². The highest BCUT2D eigenvalue weighted by Gasteiger charge is 2.30. The van der Waals surface area contributed by atoms with Gasteiger partial charge in [-0.1, -0.05) is 51.8 Å². The van der Waals surface area contributed by atoms with Crippen LogP contribution in [0.4, 0.5) is 0 Å². The standard InChI is InChI=1S/C17H24Br2O/c1-12(2)13-6-7-17(19)14(10-13)8-9-20-16-5-3-4-15(18)11-16/h3-5,11-14,17H,6-10H2,1-2H3. The van der Waals surface area contributed by atoms with Crippen molar-refractivity contribution in [2.24, 2.45) is 17.8 Å². The fraction of sp³-hybridized carbons (Fsp3) is 0.647. The Balaban J connectivity index is 1.80. The van der Waals surface area contributed by atoms with E-state index in [-0.39, 0.29) is 0 Å². The van der Waals surface area contributed by atoms with Crippen LogP contribution >= 0.6 is 31.9 Å². The number of benzene rings is 1. The Hall–Kier alpha value is -0.0200. The Morgan fingerprint density at radius 3 is 2.80 bits per heavy atom. The third-order valence-corrected chi connectivity index (χ3v) is 6.13. The molecule has 1 nitrogen and oxygen atoms in total. The molecule has 1 saturated carbocycles. The maximum absolute atomic E-state index is 5.88. The van der Waals surface area contributed by atoms with Crippen molar-refractivity contribution in [3.63, 3.8) is 0 Å². The van der Waals surface area contributed by atoms with Gasteiger partial charge in [0.1, 0.15) is 5.75 Å². The van der Waals surface area contributed by atoms with Crippen LogP contribution in [0.15, 0.2) is 28.7 Å². The Bertz CT molecular complexity index is 419. The monoisotopic (exact) mass is 402 g/mol. The Kier molecular flexibility index (Phi) is 6.41. The van der Waals surface area contributed by atoms with Gasteiger partial charge in [0, 0.05) is 9.30 Å². The summed E-state index contributed by atoms with van der Waals surface area (Å²) in [5, 5.41) is 0. The number of hydrogen-bond donors (Lipinski definition) is 0. The van der Waals surface area contributed by atoms with E-state index in [2.05, 4.69) is 45.7 Å². The summed E-state index contributed by atoms with van der Waals surface area (Å²) in [5.41, 5.74) is 0. The molecule has 0 radical (unpaired) electrons. The zero-order valence-corrected chi connectivity index (χ0v) is 15.5. The van der Waals surface area contributed by atoms with Crippen molar-refractivity contribution in [1.29, 1.82) is 0 Å². The number of alkyl halides is 1. The Morgan fingerprint density at radius 2 is 2.10 bits per heavy atom. The second-order valence-electron chi connectivity index (χ2n) is 6.19. The van der Waals surface area contributed by atoms with E-state index in [0.29, 0.717) is 4.83 Å². The highest BCUT2D eigenvalue weighted by atomic mass is 79.9. The molecular weight excluding hydrogens is 380 g/mol. The molecule has 2 rings (SSSR count). The summed E-state index contributed by atoms with van der Waals surface area (Å²) in [5.74, 6) is 3.41. The molecule has 1 aromatic rings. The lowest BCUT2D eigenvalue weighted by molar-refractivity contribution is 0.189. The van der Waals surface area contributed by atoms with Crippen LogP contribution in [0.3, 0.4) is 0 Å². The van der Waals surface area contributed by atoms with E-state index in [0.717, 1.165) is 41.0 Å². The summed E-state index contributed by atoms with van der Waals surface area (Å²) >= 11 is 7.34.